The Morgan fingerprint density at radius 2 is 1.69 bits per heavy atom. The normalized spacial score (nSPS) is 11.2. The first kappa shape index (κ1) is 22.1. The first-order valence-electron chi connectivity index (χ1n) is 9.04. The number of hydrogen-bond acceptors (Lipinski definition) is 6. The van der Waals surface area contributed by atoms with Gasteiger partial charge in [-0.25, -0.2) is 5.43 Å². The number of carbonyl (C=O) groups excluding carboxylic acids is 2. The van der Waals surface area contributed by atoms with Crippen molar-refractivity contribution in [1.29, 1.82) is 0 Å². The fourth-order valence-electron chi connectivity index (χ4n) is 2.16. The largest absolute Gasteiger partial charge is 0.379 e. The van der Waals surface area contributed by atoms with Crippen molar-refractivity contribution >= 4 is 28.1 Å². The predicted octanol–water partition coefficient (Wildman–Crippen LogP) is 2.13. The van der Waals surface area contributed by atoms with E-state index in [0.29, 0.717) is 12.1 Å². The molecule has 8 nitrogen and oxygen atoms in total. The number of benzene rings is 2. The van der Waals surface area contributed by atoms with Gasteiger partial charge < -0.3 is 9.50 Å². The zero-order valence-electron chi connectivity index (χ0n) is 16.2. The number of carbonyl (C=O) groups is 2. The summed E-state index contributed by atoms with van der Waals surface area (Å²) >= 11 is 0. The summed E-state index contributed by atoms with van der Waals surface area (Å²) in [5.74, 6) is -1.47. The minimum absolute atomic E-state index is 0.0636. The molecule has 2 N–H and O–H groups in total. The van der Waals surface area contributed by atoms with Crippen LogP contribution in [0.5, 0.6) is 5.75 Å². The van der Waals surface area contributed by atoms with E-state index in [2.05, 4.69) is 15.8 Å². The molecule has 0 aliphatic heterocycles. The standard InChI is InChI=1S/C20H23N3O5S/c1-3-4-13-21-19(24)20(25)23-22-14-16-7-9-17(10-8-16)28-29(26,27)18-11-5-15(2)6-12-18/h5-12,14H,3-4,13H2,1-2H3,(H,21,24)(H,23,25)/b22-14-. The van der Waals surface area contributed by atoms with Crippen LogP contribution in [0.1, 0.15) is 30.9 Å². The molecule has 154 valence electrons. The number of hydrazone groups is 1. The van der Waals surface area contributed by atoms with E-state index in [1.54, 1.807) is 24.3 Å². The summed E-state index contributed by atoms with van der Waals surface area (Å²) in [7, 11) is -3.93. The van der Waals surface area contributed by atoms with Crippen molar-refractivity contribution in [3.63, 3.8) is 0 Å². The predicted molar refractivity (Wildman–Crippen MR) is 109 cm³/mol. The highest BCUT2D eigenvalue weighted by Crippen LogP contribution is 2.19. The van der Waals surface area contributed by atoms with Crippen molar-refractivity contribution in [2.24, 2.45) is 5.10 Å². The van der Waals surface area contributed by atoms with Gasteiger partial charge in [0.05, 0.1) is 6.21 Å². The molecule has 2 amide bonds. The molecule has 0 spiro atoms. The van der Waals surface area contributed by atoms with Gasteiger partial charge in [0.15, 0.2) is 0 Å². The van der Waals surface area contributed by atoms with Crippen LogP contribution in [0, 0.1) is 6.92 Å². The molecule has 0 aliphatic rings. The van der Waals surface area contributed by atoms with E-state index in [1.807, 2.05) is 13.8 Å². The molecule has 0 atom stereocenters. The van der Waals surface area contributed by atoms with E-state index in [0.717, 1.165) is 18.4 Å². The molecule has 0 unspecified atom stereocenters. The SMILES string of the molecule is CCCCNC(=O)C(=O)N/N=C\c1ccc(OS(=O)(=O)c2ccc(C)cc2)cc1. The second kappa shape index (κ2) is 10.4. The van der Waals surface area contributed by atoms with Crippen LogP contribution in [0.25, 0.3) is 0 Å². The Bertz CT molecular complexity index is 968. The number of aryl methyl sites for hydroxylation is 1. The van der Waals surface area contributed by atoms with Gasteiger partial charge in [-0.05, 0) is 55.3 Å². The monoisotopic (exact) mass is 417 g/mol. The third-order valence-corrected chi connectivity index (χ3v) is 5.06. The van der Waals surface area contributed by atoms with Crippen LogP contribution in [0.4, 0.5) is 0 Å². The Morgan fingerprint density at radius 3 is 2.31 bits per heavy atom. The molecule has 0 saturated carbocycles. The lowest BCUT2D eigenvalue weighted by Crippen LogP contribution is -2.38. The van der Waals surface area contributed by atoms with Gasteiger partial charge in [0.2, 0.25) is 0 Å². The molecule has 9 heteroatoms. The maximum Gasteiger partial charge on any atom is 0.339 e. The Kier molecular flexibility index (Phi) is 7.90. The molecule has 0 bridgehead atoms. The van der Waals surface area contributed by atoms with Gasteiger partial charge in [-0.1, -0.05) is 31.0 Å². The van der Waals surface area contributed by atoms with Gasteiger partial charge in [-0.2, -0.15) is 13.5 Å². The second-order valence-corrected chi connectivity index (χ2v) is 7.77. The van der Waals surface area contributed by atoms with Crippen LogP contribution in [0.15, 0.2) is 58.5 Å². The van der Waals surface area contributed by atoms with Gasteiger partial charge in [0, 0.05) is 6.54 Å². The number of amides is 2. The Morgan fingerprint density at radius 1 is 1.03 bits per heavy atom. The maximum absolute atomic E-state index is 12.3. The van der Waals surface area contributed by atoms with E-state index in [4.69, 9.17) is 4.18 Å². The summed E-state index contributed by atoms with van der Waals surface area (Å²) in [6.45, 7) is 4.27. The average Bonchev–Trinajstić information content (AvgIpc) is 2.69. The van der Waals surface area contributed by atoms with Gasteiger partial charge >= 0.3 is 21.9 Å². The van der Waals surface area contributed by atoms with Crippen LogP contribution in [-0.4, -0.2) is 33.0 Å². The molecule has 0 radical (unpaired) electrons. The Labute approximate surface area is 170 Å². The topological polar surface area (TPSA) is 114 Å². The summed E-state index contributed by atoms with van der Waals surface area (Å²) in [5.41, 5.74) is 3.65. The van der Waals surface area contributed by atoms with Crippen LogP contribution in [0.2, 0.25) is 0 Å². The van der Waals surface area contributed by atoms with Crippen molar-refractivity contribution in [3.8, 4) is 5.75 Å². The van der Waals surface area contributed by atoms with Crippen molar-refractivity contribution in [3.05, 3.63) is 59.7 Å². The molecule has 0 aromatic heterocycles. The van der Waals surface area contributed by atoms with Crippen LogP contribution < -0.4 is 14.9 Å². The molecule has 2 aromatic carbocycles. The minimum Gasteiger partial charge on any atom is -0.379 e. The zero-order valence-corrected chi connectivity index (χ0v) is 17.0. The maximum atomic E-state index is 12.3. The van der Waals surface area contributed by atoms with E-state index >= 15 is 0 Å². The van der Waals surface area contributed by atoms with Crippen molar-refractivity contribution < 1.29 is 22.2 Å². The summed E-state index contributed by atoms with van der Waals surface area (Å²) < 4.78 is 29.6. The molecule has 0 saturated heterocycles. The fourth-order valence-corrected chi connectivity index (χ4v) is 3.09. The van der Waals surface area contributed by atoms with Crippen molar-refractivity contribution in [1.82, 2.24) is 10.7 Å². The lowest BCUT2D eigenvalue weighted by molar-refractivity contribution is -0.139. The fraction of sp³-hybridized carbons (Fsp3) is 0.250. The number of rotatable bonds is 8. The number of hydrogen-bond donors (Lipinski definition) is 2. The zero-order chi connectivity index (χ0) is 21.3. The van der Waals surface area contributed by atoms with E-state index in [1.165, 1.54) is 30.5 Å². The van der Waals surface area contributed by atoms with Crippen LogP contribution in [0.3, 0.4) is 0 Å². The van der Waals surface area contributed by atoms with Gasteiger partial charge in [-0.15, -0.1) is 0 Å². The highest BCUT2D eigenvalue weighted by atomic mass is 32.2. The second-order valence-electron chi connectivity index (χ2n) is 6.23. The van der Waals surface area contributed by atoms with Crippen LogP contribution in [-0.2, 0) is 19.7 Å². The Balaban J connectivity index is 1.91. The Hall–Kier alpha value is -3.20. The first-order chi connectivity index (χ1) is 13.8. The van der Waals surface area contributed by atoms with E-state index < -0.39 is 21.9 Å². The summed E-state index contributed by atoms with van der Waals surface area (Å²) in [6, 6.07) is 12.4. The highest BCUT2D eigenvalue weighted by molar-refractivity contribution is 7.87. The number of nitrogens with one attached hydrogen (secondary N) is 2. The first-order valence-corrected chi connectivity index (χ1v) is 10.4. The lowest BCUT2D eigenvalue weighted by Gasteiger charge is -2.07. The van der Waals surface area contributed by atoms with E-state index in [9.17, 15) is 18.0 Å². The third-order valence-electron chi connectivity index (χ3n) is 3.80. The highest BCUT2D eigenvalue weighted by Gasteiger charge is 2.16. The number of unbranched alkanes of at least 4 members (excludes halogenated alkanes) is 1. The summed E-state index contributed by atoms with van der Waals surface area (Å²) in [4.78, 5) is 23.1. The smallest absolute Gasteiger partial charge is 0.339 e. The minimum atomic E-state index is -3.93. The molecule has 2 rings (SSSR count). The van der Waals surface area contributed by atoms with Crippen LogP contribution >= 0.6 is 0 Å². The molecular weight excluding hydrogens is 394 g/mol. The molecule has 29 heavy (non-hydrogen) atoms. The lowest BCUT2D eigenvalue weighted by atomic mass is 10.2. The van der Waals surface area contributed by atoms with Gasteiger partial charge in [-0.3, -0.25) is 9.59 Å². The summed E-state index contributed by atoms with van der Waals surface area (Å²) in [6.07, 6.45) is 3.03. The molecule has 2 aromatic rings. The number of nitrogens with zero attached hydrogens (tertiary/aromatic N) is 1. The molecule has 0 aliphatic carbocycles. The van der Waals surface area contributed by atoms with Gasteiger partial charge in [0.1, 0.15) is 10.6 Å². The molecule has 0 fully saturated rings. The van der Waals surface area contributed by atoms with E-state index in [-0.39, 0.29) is 10.6 Å². The average molecular weight is 417 g/mol. The summed E-state index contributed by atoms with van der Waals surface area (Å²) in [5, 5.41) is 6.19. The quantitative estimate of drug-likeness (QED) is 0.225. The molecular formula is C20H23N3O5S. The van der Waals surface area contributed by atoms with Crippen molar-refractivity contribution in [2.45, 2.75) is 31.6 Å². The third kappa shape index (κ3) is 7.04. The van der Waals surface area contributed by atoms with Gasteiger partial charge in [0.25, 0.3) is 0 Å². The van der Waals surface area contributed by atoms with Crippen molar-refractivity contribution in [2.75, 3.05) is 6.54 Å². The molecule has 0 heterocycles.